The fourth-order valence-electron chi connectivity index (χ4n) is 2.72. The van der Waals surface area contributed by atoms with Crippen LogP contribution in [0.25, 0.3) is 0 Å². The van der Waals surface area contributed by atoms with Crippen LogP contribution in [0.15, 0.2) is 18.2 Å². The van der Waals surface area contributed by atoms with Gasteiger partial charge in [0.2, 0.25) is 0 Å². The SMILES string of the molecule is CCCOc1ccc(CCC2CC2C(=O)OC)cc1OCCC. The predicted molar refractivity (Wildman–Crippen MR) is 89.9 cm³/mol. The van der Waals surface area contributed by atoms with E-state index in [-0.39, 0.29) is 11.9 Å². The van der Waals surface area contributed by atoms with Gasteiger partial charge < -0.3 is 14.2 Å². The van der Waals surface area contributed by atoms with Gasteiger partial charge in [0.25, 0.3) is 0 Å². The molecule has 1 fully saturated rings. The van der Waals surface area contributed by atoms with Crippen LogP contribution in [0.5, 0.6) is 11.5 Å². The van der Waals surface area contributed by atoms with E-state index in [9.17, 15) is 4.79 Å². The highest BCUT2D eigenvalue weighted by atomic mass is 16.5. The maximum Gasteiger partial charge on any atom is 0.308 e. The van der Waals surface area contributed by atoms with E-state index in [0.717, 1.165) is 43.6 Å². The molecular formula is C19H28O4. The van der Waals surface area contributed by atoms with Crippen molar-refractivity contribution in [3.8, 4) is 11.5 Å². The van der Waals surface area contributed by atoms with Crippen LogP contribution in [0.2, 0.25) is 0 Å². The highest BCUT2D eigenvalue weighted by Gasteiger charge is 2.43. The van der Waals surface area contributed by atoms with Gasteiger partial charge in [0.1, 0.15) is 0 Å². The van der Waals surface area contributed by atoms with E-state index in [0.29, 0.717) is 19.1 Å². The molecular weight excluding hydrogens is 292 g/mol. The minimum Gasteiger partial charge on any atom is -0.490 e. The fraction of sp³-hybridized carbons (Fsp3) is 0.632. The van der Waals surface area contributed by atoms with Crippen LogP contribution in [0, 0.1) is 11.8 Å². The van der Waals surface area contributed by atoms with Gasteiger partial charge in [-0.3, -0.25) is 4.79 Å². The number of aryl methyl sites for hydroxylation is 1. The molecule has 128 valence electrons. The Balaban J connectivity index is 1.92. The normalized spacial score (nSPS) is 19.3. The van der Waals surface area contributed by atoms with Crippen molar-refractivity contribution in [2.24, 2.45) is 11.8 Å². The summed E-state index contributed by atoms with van der Waals surface area (Å²) in [6.45, 7) is 5.58. The van der Waals surface area contributed by atoms with Crippen molar-refractivity contribution >= 4 is 5.97 Å². The second kappa shape index (κ2) is 8.80. The van der Waals surface area contributed by atoms with E-state index < -0.39 is 0 Å². The molecule has 4 heteroatoms. The van der Waals surface area contributed by atoms with Crippen molar-refractivity contribution in [2.75, 3.05) is 20.3 Å². The molecule has 1 saturated carbocycles. The largest absolute Gasteiger partial charge is 0.490 e. The molecule has 2 atom stereocenters. The zero-order valence-corrected chi connectivity index (χ0v) is 14.5. The molecule has 2 unspecified atom stereocenters. The van der Waals surface area contributed by atoms with E-state index in [1.165, 1.54) is 12.7 Å². The third-order valence-corrected chi connectivity index (χ3v) is 4.16. The monoisotopic (exact) mass is 320 g/mol. The summed E-state index contributed by atoms with van der Waals surface area (Å²) >= 11 is 0. The van der Waals surface area contributed by atoms with Gasteiger partial charge >= 0.3 is 5.97 Å². The van der Waals surface area contributed by atoms with Crippen molar-refractivity contribution in [1.29, 1.82) is 0 Å². The molecule has 2 rings (SSSR count). The molecule has 23 heavy (non-hydrogen) atoms. The lowest BCUT2D eigenvalue weighted by atomic mass is 10.1. The molecule has 0 amide bonds. The number of methoxy groups -OCH3 is 1. The molecule has 1 aliphatic carbocycles. The second-order valence-corrected chi connectivity index (χ2v) is 6.14. The Hall–Kier alpha value is -1.71. The summed E-state index contributed by atoms with van der Waals surface area (Å²) in [5.74, 6) is 2.17. The second-order valence-electron chi connectivity index (χ2n) is 6.14. The predicted octanol–water partition coefficient (Wildman–Crippen LogP) is 4.01. The highest BCUT2D eigenvalue weighted by Crippen LogP contribution is 2.43. The van der Waals surface area contributed by atoms with Crippen LogP contribution in [0.1, 0.15) is 45.1 Å². The average Bonchev–Trinajstić information content (AvgIpc) is 3.36. The minimum absolute atomic E-state index is 0.0646. The molecule has 0 aromatic heterocycles. The van der Waals surface area contributed by atoms with E-state index in [4.69, 9.17) is 14.2 Å². The fourth-order valence-corrected chi connectivity index (χ4v) is 2.72. The molecule has 0 spiro atoms. The van der Waals surface area contributed by atoms with E-state index in [1.807, 2.05) is 6.07 Å². The first-order valence-corrected chi connectivity index (χ1v) is 8.65. The van der Waals surface area contributed by atoms with Crippen LogP contribution in [0.4, 0.5) is 0 Å². The number of benzene rings is 1. The quantitative estimate of drug-likeness (QED) is 0.611. The molecule has 1 aromatic carbocycles. The summed E-state index contributed by atoms with van der Waals surface area (Å²) in [4.78, 5) is 11.5. The van der Waals surface area contributed by atoms with Crippen LogP contribution in [-0.2, 0) is 16.0 Å². The van der Waals surface area contributed by atoms with Gasteiger partial charge in [0.05, 0.1) is 26.2 Å². The van der Waals surface area contributed by atoms with E-state index >= 15 is 0 Å². The number of hydrogen-bond donors (Lipinski definition) is 0. The van der Waals surface area contributed by atoms with Crippen molar-refractivity contribution in [2.45, 2.75) is 46.0 Å². The standard InChI is InChI=1S/C19H28O4/c1-4-10-22-17-9-7-14(12-18(17)23-11-5-2)6-8-15-13-16(15)19(20)21-3/h7,9,12,15-16H,4-6,8,10-11,13H2,1-3H3. The third kappa shape index (κ3) is 5.15. The summed E-state index contributed by atoms with van der Waals surface area (Å²) < 4.78 is 16.4. The number of esters is 1. The number of carbonyl (C=O) groups excluding carboxylic acids is 1. The zero-order valence-electron chi connectivity index (χ0n) is 14.5. The topological polar surface area (TPSA) is 44.8 Å². The van der Waals surface area contributed by atoms with Gasteiger partial charge in [-0.15, -0.1) is 0 Å². The van der Waals surface area contributed by atoms with E-state index in [2.05, 4.69) is 26.0 Å². The Bertz CT molecular complexity index is 512. The lowest BCUT2D eigenvalue weighted by Gasteiger charge is -2.13. The highest BCUT2D eigenvalue weighted by molar-refractivity contribution is 5.75. The maximum absolute atomic E-state index is 11.5. The first kappa shape index (κ1) is 17.6. The minimum atomic E-state index is -0.0646. The van der Waals surface area contributed by atoms with Gasteiger partial charge in [0.15, 0.2) is 11.5 Å². The summed E-state index contributed by atoms with van der Waals surface area (Å²) in [5.41, 5.74) is 1.23. The Morgan fingerprint density at radius 1 is 1.13 bits per heavy atom. The van der Waals surface area contributed by atoms with Crippen LogP contribution in [0.3, 0.4) is 0 Å². The van der Waals surface area contributed by atoms with Crippen molar-refractivity contribution in [1.82, 2.24) is 0 Å². The molecule has 0 aliphatic heterocycles. The molecule has 1 aliphatic rings. The molecule has 0 heterocycles. The third-order valence-electron chi connectivity index (χ3n) is 4.16. The Kier molecular flexibility index (Phi) is 6.75. The van der Waals surface area contributed by atoms with Crippen molar-refractivity contribution < 1.29 is 19.0 Å². The van der Waals surface area contributed by atoms with Gasteiger partial charge in [-0.2, -0.15) is 0 Å². The maximum atomic E-state index is 11.5. The lowest BCUT2D eigenvalue weighted by molar-refractivity contribution is -0.142. The summed E-state index contributed by atoms with van der Waals surface area (Å²) in [6.07, 6.45) is 4.88. The first-order valence-electron chi connectivity index (χ1n) is 8.65. The molecule has 1 aromatic rings. The Morgan fingerprint density at radius 2 is 1.83 bits per heavy atom. The number of hydrogen-bond acceptors (Lipinski definition) is 4. The van der Waals surface area contributed by atoms with E-state index in [1.54, 1.807) is 0 Å². The average molecular weight is 320 g/mol. The van der Waals surface area contributed by atoms with Gasteiger partial charge in [-0.25, -0.2) is 0 Å². The van der Waals surface area contributed by atoms with Crippen LogP contribution in [-0.4, -0.2) is 26.3 Å². The van der Waals surface area contributed by atoms with Gasteiger partial charge in [0, 0.05) is 0 Å². The smallest absolute Gasteiger partial charge is 0.308 e. The number of ether oxygens (including phenoxy) is 3. The summed E-state index contributed by atoms with van der Waals surface area (Å²) in [7, 11) is 1.46. The van der Waals surface area contributed by atoms with Crippen LogP contribution >= 0.6 is 0 Å². The molecule has 0 radical (unpaired) electrons. The van der Waals surface area contributed by atoms with Crippen molar-refractivity contribution in [3.63, 3.8) is 0 Å². The van der Waals surface area contributed by atoms with Crippen molar-refractivity contribution in [3.05, 3.63) is 23.8 Å². The lowest BCUT2D eigenvalue weighted by Crippen LogP contribution is -2.05. The number of carbonyl (C=O) groups is 1. The summed E-state index contributed by atoms with van der Waals surface area (Å²) in [6, 6.07) is 6.18. The molecule has 0 saturated heterocycles. The van der Waals surface area contributed by atoms with Gasteiger partial charge in [-0.1, -0.05) is 19.9 Å². The molecule has 0 N–H and O–H groups in total. The summed E-state index contributed by atoms with van der Waals surface area (Å²) in [5, 5.41) is 0. The number of rotatable bonds is 10. The zero-order chi connectivity index (χ0) is 16.7. The molecule has 4 nitrogen and oxygen atoms in total. The first-order chi connectivity index (χ1) is 11.2. The Labute approximate surface area is 139 Å². The van der Waals surface area contributed by atoms with Crippen LogP contribution < -0.4 is 9.47 Å². The Morgan fingerprint density at radius 3 is 2.48 bits per heavy atom. The van der Waals surface area contributed by atoms with Gasteiger partial charge in [-0.05, 0) is 55.7 Å². The molecule has 0 bridgehead atoms.